The molecule has 7 heteroatoms. The SMILES string of the molecule is O=C(O)[C@H]1CC=CC[C@H]1C(=O)NCC(F)(F)F. The Bertz CT molecular complexity index is 338. The van der Waals surface area contributed by atoms with Gasteiger partial charge in [-0.05, 0) is 12.8 Å². The van der Waals surface area contributed by atoms with Crippen LogP contribution in [0.5, 0.6) is 0 Å². The van der Waals surface area contributed by atoms with Gasteiger partial charge in [-0.25, -0.2) is 0 Å². The molecule has 0 aromatic heterocycles. The van der Waals surface area contributed by atoms with E-state index in [1.54, 1.807) is 17.5 Å². The Morgan fingerprint density at radius 3 is 2.24 bits per heavy atom. The Hall–Kier alpha value is -1.53. The second kappa shape index (κ2) is 5.20. The van der Waals surface area contributed by atoms with Crippen LogP contribution < -0.4 is 5.32 Å². The lowest BCUT2D eigenvalue weighted by atomic mass is 9.82. The smallest absolute Gasteiger partial charge is 0.405 e. The minimum atomic E-state index is -4.49. The summed E-state index contributed by atoms with van der Waals surface area (Å²) >= 11 is 0. The van der Waals surface area contributed by atoms with Crippen LogP contribution in [0.1, 0.15) is 12.8 Å². The first-order chi connectivity index (χ1) is 7.81. The molecule has 1 aliphatic carbocycles. The number of carbonyl (C=O) groups excluding carboxylic acids is 1. The van der Waals surface area contributed by atoms with Crippen molar-refractivity contribution >= 4 is 11.9 Å². The van der Waals surface area contributed by atoms with Gasteiger partial charge in [0, 0.05) is 0 Å². The van der Waals surface area contributed by atoms with Crippen molar-refractivity contribution in [1.82, 2.24) is 5.32 Å². The Morgan fingerprint density at radius 2 is 1.76 bits per heavy atom. The number of nitrogens with one attached hydrogen (secondary N) is 1. The normalized spacial score (nSPS) is 24.4. The van der Waals surface area contributed by atoms with Crippen molar-refractivity contribution in [3.63, 3.8) is 0 Å². The molecule has 0 saturated heterocycles. The molecule has 1 amide bonds. The van der Waals surface area contributed by atoms with Crippen molar-refractivity contribution in [1.29, 1.82) is 0 Å². The van der Waals surface area contributed by atoms with E-state index in [2.05, 4.69) is 0 Å². The minimum Gasteiger partial charge on any atom is -0.481 e. The zero-order chi connectivity index (χ0) is 13.1. The highest BCUT2D eigenvalue weighted by atomic mass is 19.4. The highest BCUT2D eigenvalue weighted by molar-refractivity contribution is 5.85. The van der Waals surface area contributed by atoms with E-state index in [-0.39, 0.29) is 12.8 Å². The van der Waals surface area contributed by atoms with E-state index in [1.807, 2.05) is 0 Å². The minimum absolute atomic E-state index is 0.153. The molecule has 17 heavy (non-hydrogen) atoms. The maximum Gasteiger partial charge on any atom is 0.405 e. The summed E-state index contributed by atoms with van der Waals surface area (Å²) in [5.74, 6) is -3.91. The number of carbonyl (C=O) groups is 2. The number of rotatable bonds is 3. The molecule has 0 radical (unpaired) electrons. The van der Waals surface area contributed by atoms with Gasteiger partial charge in [0.1, 0.15) is 6.54 Å². The van der Waals surface area contributed by atoms with Crippen LogP contribution >= 0.6 is 0 Å². The molecule has 96 valence electrons. The van der Waals surface area contributed by atoms with Crippen molar-refractivity contribution in [2.45, 2.75) is 19.0 Å². The third-order valence-electron chi connectivity index (χ3n) is 2.55. The number of allylic oxidation sites excluding steroid dienone is 2. The van der Waals surface area contributed by atoms with Crippen LogP contribution in [0, 0.1) is 11.8 Å². The van der Waals surface area contributed by atoms with Crippen LogP contribution in [0.25, 0.3) is 0 Å². The van der Waals surface area contributed by atoms with Crippen molar-refractivity contribution in [2.24, 2.45) is 11.8 Å². The van der Waals surface area contributed by atoms with Crippen molar-refractivity contribution in [2.75, 3.05) is 6.54 Å². The molecule has 0 spiro atoms. The van der Waals surface area contributed by atoms with Gasteiger partial charge >= 0.3 is 12.1 Å². The Labute approximate surface area is 95.5 Å². The summed E-state index contributed by atoms with van der Waals surface area (Å²) in [4.78, 5) is 22.3. The van der Waals surface area contributed by atoms with E-state index in [9.17, 15) is 22.8 Å². The third-order valence-corrected chi connectivity index (χ3v) is 2.55. The quantitative estimate of drug-likeness (QED) is 0.744. The molecular weight excluding hydrogens is 239 g/mol. The van der Waals surface area contributed by atoms with E-state index in [0.29, 0.717) is 0 Å². The van der Waals surface area contributed by atoms with Gasteiger partial charge in [0.2, 0.25) is 5.91 Å². The monoisotopic (exact) mass is 251 g/mol. The predicted molar refractivity (Wildman–Crippen MR) is 52.1 cm³/mol. The fourth-order valence-electron chi connectivity index (χ4n) is 1.70. The Morgan fingerprint density at radius 1 is 1.24 bits per heavy atom. The molecule has 2 N–H and O–H groups in total. The zero-order valence-electron chi connectivity index (χ0n) is 8.83. The van der Waals surface area contributed by atoms with Gasteiger partial charge in [0.15, 0.2) is 0 Å². The number of halogens is 3. The van der Waals surface area contributed by atoms with Crippen LogP contribution in [0.3, 0.4) is 0 Å². The third kappa shape index (κ3) is 4.08. The summed E-state index contributed by atoms with van der Waals surface area (Å²) < 4.78 is 35.7. The second-order valence-corrected chi connectivity index (χ2v) is 3.83. The second-order valence-electron chi connectivity index (χ2n) is 3.83. The number of hydrogen-bond donors (Lipinski definition) is 2. The number of carboxylic acid groups (broad SMARTS) is 1. The van der Waals surface area contributed by atoms with Gasteiger partial charge in [-0.3, -0.25) is 9.59 Å². The summed E-state index contributed by atoms with van der Waals surface area (Å²) in [6.07, 6.45) is -0.942. The lowest BCUT2D eigenvalue weighted by Crippen LogP contribution is -2.42. The molecule has 0 aromatic rings. The van der Waals surface area contributed by atoms with Crippen molar-refractivity contribution < 1.29 is 27.9 Å². The molecule has 1 rings (SSSR count). The standard InChI is InChI=1S/C10H12F3NO3/c11-10(12,13)5-14-8(15)6-3-1-2-4-7(6)9(16)17/h1-2,6-7H,3-5H2,(H,14,15)(H,16,17)/t6-,7+/m1/s1. The van der Waals surface area contributed by atoms with Crippen LogP contribution in [0.2, 0.25) is 0 Å². The van der Waals surface area contributed by atoms with Gasteiger partial charge < -0.3 is 10.4 Å². The molecule has 0 aromatic carbocycles. The van der Waals surface area contributed by atoms with Gasteiger partial charge in [0.05, 0.1) is 11.8 Å². The van der Waals surface area contributed by atoms with Crippen LogP contribution in [0.4, 0.5) is 13.2 Å². The van der Waals surface area contributed by atoms with Gasteiger partial charge in [-0.1, -0.05) is 12.2 Å². The molecule has 0 unspecified atom stereocenters. The molecule has 0 saturated carbocycles. The van der Waals surface area contributed by atoms with Crippen molar-refractivity contribution in [3.8, 4) is 0 Å². The number of carboxylic acids is 1. The fraction of sp³-hybridized carbons (Fsp3) is 0.600. The summed E-state index contributed by atoms with van der Waals surface area (Å²) in [5, 5.41) is 10.6. The first kappa shape index (κ1) is 13.5. The largest absolute Gasteiger partial charge is 0.481 e. The predicted octanol–water partition coefficient (Wildman–Crippen LogP) is 1.33. The molecule has 4 nitrogen and oxygen atoms in total. The maximum absolute atomic E-state index is 11.9. The average Bonchev–Trinajstić information content (AvgIpc) is 2.25. The molecule has 0 fully saturated rings. The Balaban J connectivity index is 2.60. The van der Waals surface area contributed by atoms with Crippen LogP contribution in [-0.2, 0) is 9.59 Å². The van der Waals surface area contributed by atoms with E-state index in [0.717, 1.165) is 0 Å². The van der Waals surface area contributed by atoms with Gasteiger partial charge in [-0.15, -0.1) is 0 Å². The molecule has 2 atom stereocenters. The molecular formula is C10H12F3NO3. The Kier molecular flexibility index (Phi) is 4.14. The van der Waals surface area contributed by atoms with Gasteiger partial charge in [-0.2, -0.15) is 13.2 Å². The summed E-state index contributed by atoms with van der Waals surface area (Å²) in [5.41, 5.74) is 0. The highest BCUT2D eigenvalue weighted by Crippen LogP contribution is 2.26. The van der Waals surface area contributed by atoms with Gasteiger partial charge in [0.25, 0.3) is 0 Å². The number of amides is 1. The lowest BCUT2D eigenvalue weighted by molar-refractivity contribution is -0.150. The highest BCUT2D eigenvalue weighted by Gasteiger charge is 2.36. The number of alkyl halides is 3. The van der Waals surface area contributed by atoms with E-state index >= 15 is 0 Å². The summed E-state index contributed by atoms with van der Waals surface area (Å²) in [6.45, 7) is -1.43. The lowest BCUT2D eigenvalue weighted by Gasteiger charge is -2.24. The first-order valence-electron chi connectivity index (χ1n) is 5.03. The van der Waals surface area contributed by atoms with E-state index in [4.69, 9.17) is 5.11 Å². The number of aliphatic carboxylic acids is 1. The molecule has 0 heterocycles. The van der Waals surface area contributed by atoms with E-state index < -0.39 is 36.4 Å². The first-order valence-corrected chi connectivity index (χ1v) is 5.03. The van der Waals surface area contributed by atoms with E-state index in [1.165, 1.54) is 0 Å². The molecule has 1 aliphatic rings. The molecule has 0 aliphatic heterocycles. The topological polar surface area (TPSA) is 66.4 Å². The average molecular weight is 251 g/mol. The fourth-order valence-corrected chi connectivity index (χ4v) is 1.70. The summed E-state index contributed by atoms with van der Waals surface area (Å²) in [6, 6.07) is 0. The zero-order valence-corrected chi connectivity index (χ0v) is 8.83. The van der Waals surface area contributed by atoms with Crippen LogP contribution in [0.15, 0.2) is 12.2 Å². The molecule has 0 bridgehead atoms. The van der Waals surface area contributed by atoms with Crippen LogP contribution in [-0.4, -0.2) is 29.7 Å². The number of hydrogen-bond acceptors (Lipinski definition) is 2. The maximum atomic E-state index is 11.9. The van der Waals surface area contributed by atoms with Crippen molar-refractivity contribution in [3.05, 3.63) is 12.2 Å². The summed E-state index contributed by atoms with van der Waals surface area (Å²) in [7, 11) is 0.